The molecule has 0 amide bonds. The second-order valence-electron chi connectivity index (χ2n) is 5.00. The number of oxazole rings is 1. The maximum absolute atomic E-state index is 5.81. The van der Waals surface area contributed by atoms with Crippen LogP contribution in [0.15, 0.2) is 28.7 Å². The fourth-order valence-corrected chi connectivity index (χ4v) is 2.49. The molecule has 0 atom stereocenters. The first kappa shape index (κ1) is 12.5. The maximum Gasteiger partial charge on any atom is 0.298 e. The van der Waals surface area contributed by atoms with E-state index in [2.05, 4.69) is 21.7 Å². The SMILES string of the molecule is [CH2]CCCN1CCN(c2nc3ccccc3o2)CC1. The first-order valence-electron chi connectivity index (χ1n) is 6.99. The van der Waals surface area contributed by atoms with E-state index in [9.17, 15) is 0 Å². The summed E-state index contributed by atoms with van der Waals surface area (Å²) in [5, 5.41) is 0. The minimum atomic E-state index is 0.762. The van der Waals surface area contributed by atoms with Gasteiger partial charge < -0.3 is 9.32 Å². The summed E-state index contributed by atoms with van der Waals surface area (Å²) in [6, 6.07) is 8.70. The van der Waals surface area contributed by atoms with Crippen LogP contribution in [-0.4, -0.2) is 42.6 Å². The fourth-order valence-electron chi connectivity index (χ4n) is 2.49. The van der Waals surface area contributed by atoms with Gasteiger partial charge in [-0.05, 0) is 25.1 Å². The van der Waals surface area contributed by atoms with E-state index >= 15 is 0 Å². The first-order chi connectivity index (χ1) is 9.36. The van der Waals surface area contributed by atoms with Gasteiger partial charge in [0.15, 0.2) is 5.58 Å². The maximum atomic E-state index is 5.81. The van der Waals surface area contributed by atoms with Gasteiger partial charge in [-0.2, -0.15) is 4.98 Å². The van der Waals surface area contributed by atoms with Gasteiger partial charge in [0.2, 0.25) is 0 Å². The van der Waals surface area contributed by atoms with Crippen LogP contribution in [0, 0.1) is 6.92 Å². The molecule has 0 aliphatic carbocycles. The number of aromatic nitrogens is 1. The number of rotatable bonds is 4. The highest BCUT2D eigenvalue weighted by Gasteiger charge is 2.20. The number of anilines is 1. The van der Waals surface area contributed by atoms with Crippen LogP contribution in [-0.2, 0) is 0 Å². The van der Waals surface area contributed by atoms with Crippen molar-refractivity contribution in [2.24, 2.45) is 0 Å². The molecule has 2 aromatic rings. The summed E-state index contributed by atoms with van der Waals surface area (Å²) in [5.74, 6) is 0. The Bertz CT molecular complexity index is 496. The summed E-state index contributed by atoms with van der Waals surface area (Å²) in [5.41, 5.74) is 1.81. The Morgan fingerprint density at radius 1 is 1.16 bits per heavy atom. The second-order valence-corrected chi connectivity index (χ2v) is 5.00. The number of hydrogen-bond acceptors (Lipinski definition) is 4. The summed E-state index contributed by atoms with van der Waals surface area (Å²) in [4.78, 5) is 9.28. The second kappa shape index (κ2) is 5.61. The number of piperazine rings is 1. The third kappa shape index (κ3) is 2.73. The van der Waals surface area contributed by atoms with Crippen LogP contribution in [0.4, 0.5) is 6.01 Å². The van der Waals surface area contributed by atoms with Crippen molar-refractivity contribution in [2.75, 3.05) is 37.6 Å². The Hall–Kier alpha value is -1.55. The number of nitrogens with zero attached hydrogens (tertiary/aromatic N) is 3. The van der Waals surface area contributed by atoms with E-state index in [-0.39, 0.29) is 0 Å². The Morgan fingerprint density at radius 3 is 2.68 bits per heavy atom. The number of unbranched alkanes of at least 4 members (excludes halogenated alkanes) is 1. The Kier molecular flexibility index (Phi) is 3.69. The number of benzene rings is 1. The predicted molar refractivity (Wildman–Crippen MR) is 77.3 cm³/mol. The van der Waals surface area contributed by atoms with Gasteiger partial charge in [-0.15, -0.1) is 0 Å². The van der Waals surface area contributed by atoms with Crippen molar-refractivity contribution >= 4 is 17.1 Å². The topological polar surface area (TPSA) is 32.5 Å². The van der Waals surface area contributed by atoms with Gasteiger partial charge in [-0.25, -0.2) is 0 Å². The van der Waals surface area contributed by atoms with Crippen molar-refractivity contribution in [2.45, 2.75) is 12.8 Å². The molecule has 4 nitrogen and oxygen atoms in total. The molecular formula is C15H20N3O. The normalized spacial score (nSPS) is 17.2. The van der Waals surface area contributed by atoms with Crippen LogP contribution in [0.5, 0.6) is 0 Å². The lowest BCUT2D eigenvalue weighted by Gasteiger charge is -2.33. The summed E-state index contributed by atoms with van der Waals surface area (Å²) >= 11 is 0. The molecule has 1 aliphatic heterocycles. The van der Waals surface area contributed by atoms with Crippen molar-refractivity contribution < 1.29 is 4.42 Å². The van der Waals surface area contributed by atoms with E-state index in [1.807, 2.05) is 24.3 Å². The van der Waals surface area contributed by atoms with Crippen molar-refractivity contribution in [3.63, 3.8) is 0 Å². The highest BCUT2D eigenvalue weighted by atomic mass is 16.4. The molecule has 1 aliphatic rings. The van der Waals surface area contributed by atoms with E-state index < -0.39 is 0 Å². The summed E-state index contributed by atoms with van der Waals surface area (Å²) in [6.45, 7) is 9.20. The Balaban J connectivity index is 1.64. The van der Waals surface area contributed by atoms with E-state index in [4.69, 9.17) is 4.42 Å². The van der Waals surface area contributed by atoms with Crippen LogP contribution in [0.1, 0.15) is 12.8 Å². The van der Waals surface area contributed by atoms with E-state index in [1.54, 1.807) is 0 Å². The van der Waals surface area contributed by atoms with Crippen LogP contribution >= 0.6 is 0 Å². The molecule has 1 aromatic heterocycles. The average Bonchev–Trinajstić information content (AvgIpc) is 2.89. The lowest BCUT2D eigenvalue weighted by atomic mass is 10.2. The molecule has 101 valence electrons. The fraction of sp³-hybridized carbons (Fsp3) is 0.467. The summed E-state index contributed by atoms with van der Waals surface area (Å²) in [6.07, 6.45) is 2.20. The molecular weight excluding hydrogens is 238 g/mol. The molecule has 1 radical (unpaired) electrons. The Labute approximate surface area is 114 Å². The summed E-state index contributed by atoms with van der Waals surface area (Å²) < 4.78 is 5.81. The van der Waals surface area contributed by atoms with E-state index in [1.165, 1.54) is 6.42 Å². The van der Waals surface area contributed by atoms with Crippen molar-refractivity contribution in [3.05, 3.63) is 31.2 Å². The molecule has 0 saturated carbocycles. The molecule has 1 aromatic carbocycles. The standard InChI is InChI=1S/C15H20N3O/c1-2-3-8-17-9-11-18(12-10-17)15-16-13-6-4-5-7-14(13)19-15/h4-7H,1-3,8-12H2. The van der Waals surface area contributed by atoms with Gasteiger partial charge in [-0.1, -0.05) is 25.5 Å². The minimum absolute atomic E-state index is 0.762. The predicted octanol–water partition coefficient (Wildman–Crippen LogP) is 2.56. The van der Waals surface area contributed by atoms with Gasteiger partial charge in [0.1, 0.15) is 5.52 Å². The molecule has 1 saturated heterocycles. The average molecular weight is 258 g/mol. The lowest BCUT2D eigenvalue weighted by Crippen LogP contribution is -2.46. The molecule has 0 spiro atoms. The number of para-hydroxylation sites is 2. The number of hydrogen-bond donors (Lipinski definition) is 0. The van der Waals surface area contributed by atoms with Crippen molar-refractivity contribution in [1.29, 1.82) is 0 Å². The quantitative estimate of drug-likeness (QED) is 0.843. The molecule has 0 unspecified atom stereocenters. The van der Waals surface area contributed by atoms with E-state index in [0.29, 0.717) is 0 Å². The zero-order valence-electron chi connectivity index (χ0n) is 11.2. The third-order valence-corrected chi connectivity index (χ3v) is 3.65. The molecule has 4 heteroatoms. The molecule has 1 fully saturated rings. The van der Waals surface area contributed by atoms with Crippen molar-refractivity contribution in [3.8, 4) is 0 Å². The van der Waals surface area contributed by atoms with Gasteiger partial charge in [0.25, 0.3) is 6.01 Å². The zero-order chi connectivity index (χ0) is 13.1. The van der Waals surface area contributed by atoms with Crippen LogP contribution in [0.25, 0.3) is 11.1 Å². The molecule has 19 heavy (non-hydrogen) atoms. The first-order valence-corrected chi connectivity index (χ1v) is 6.99. The van der Waals surface area contributed by atoms with Crippen LogP contribution < -0.4 is 4.90 Å². The third-order valence-electron chi connectivity index (χ3n) is 3.65. The van der Waals surface area contributed by atoms with Gasteiger partial charge in [0, 0.05) is 26.2 Å². The van der Waals surface area contributed by atoms with Crippen molar-refractivity contribution in [1.82, 2.24) is 9.88 Å². The van der Waals surface area contributed by atoms with Crippen LogP contribution in [0.2, 0.25) is 0 Å². The smallest absolute Gasteiger partial charge is 0.298 e. The van der Waals surface area contributed by atoms with Crippen LogP contribution in [0.3, 0.4) is 0 Å². The molecule has 0 N–H and O–H groups in total. The number of fused-ring (bicyclic) bond motifs is 1. The highest BCUT2D eigenvalue weighted by Crippen LogP contribution is 2.22. The Morgan fingerprint density at radius 2 is 1.95 bits per heavy atom. The van der Waals surface area contributed by atoms with Gasteiger partial charge >= 0.3 is 0 Å². The highest BCUT2D eigenvalue weighted by molar-refractivity contribution is 5.74. The van der Waals surface area contributed by atoms with E-state index in [0.717, 1.165) is 56.3 Å². The largest absolute Gasteiger partial charge is 0.423 e. The molecule has 2 heterocycles. The monoisotopic (exact) mass is 258 g/mol. The van der Waals surface area contributed by atoms with Gasteiger partial charge in [-0.3, -0.25) is 4.90 Å². The molecule has 3 rings (SSSR count). The zero-order valence-corrected chi connectivity index (χ0v) is 11.2. The lowest BCUT2D eigenvalue weighted by molar-refractivity contribution is 0.251. The minimum Gasteiger partial charge on any atom is -0.423 e. The summed E-state index contributed by atoms with van der Waals surface area (Å²) in [7, 11) is 0. The van der Waals surface area contributed by atoms with Gasteiger partial charge in [0.05, 0.1) is 0 Å². The molecule has 0 bridgehead atoms.